The van der Waals surface area contributed by atoms with E-state index in [1.54, 1.807) is 0 Å². The number of hydrogen-bond acceptors (Lipinski definition) is 37. The van der Waals surface area contributed by atoms with Crippen LogP contribution >= 0.6 is 11.8 Å². The molecule has 0 aromatic rings. The predicted octanol–water partition coefficient (Wildman–Crippen LogP) is -0.718. The van der Waals surface area contributed by atoms with Crippen LogP contribution in [0.1, 0.15) is 111 Å². The molecule has 4 fully saturated rings. The molecular formula is C56H76O36S. The summed E-state index contributed by atoms with van der Waals surface area (Å²) in [5, 5.41) is 0. The second-order valence-corrected chi connectivity index (χ2v) is 22.3. The second kappa shape index (κ2) is 34.4. The maximum Gasteiger partial charge on any atom is 0.305 e. The maximum atomic E-state index is 14.3. The third-order valence-corrected chi connectivity index (χ3v) is 14.4. The first-order valence-electron chi connectivity index (χ1n) is 28.4. The minimum Gasteiger partial charge on any atom is -0.463 e. The molecule has 4 saturated heterocycles. The fourth-order valence-corrected chi connectivity index (χ4v) is 11.8. The summed E-state index contributed by atoms with van der Waals surface area (Å²) in [7, 11) is 0. The molecule has 4 aliphatic heterocycles. The zero-order chi connectivity index (χ0) is 70.1. The van der Waals surface area contributed by atoms with Gasteiger partial charge >= 0.3 is 89.5 Å². The van der Waals surface area contributed by atoms with Crippen molar-refractivity contribution >= 4 is 101 Å². The molecule has 0 spiro atoms. The number of hydrogen-bond donors (Lipinski definition) is 0. The van der Waals surface area contributed by atoms with Gasteiger partial charge < -0.3 is 99.5 Å². The molecule has 4 heterocycles. The number of rotatable bonds is 26. The largest absolute Gasteiger partial charge is 0.463 e. The Bertz CT molecular complexity index is 2790. The van der Waals surface area contributed by atoms with Crippen molar-refractivity contribution in [3.05, 3.63) is 0 Å². The smallest absolute Gasteiger partial charge is 0.305 e. The van der Waals surface area contributed by atoms with E-state index < -0.39 is 237 Å². The summed E-state index contributed by atoms with van der Waals surface area (Å²) in [6.07, 6.45) is -38.3. The van der Waals surface area contributed by atoms with E-state index in [0.29, 0.717) is 11.8 Å². The molecule has 0 aromatic heterocycles. The van der Waals surface area contributed by atoms with Crippen LogP contribution in [-0.4, -0.2) is 243 Å². The zero-order valence-electron chi connectivity index (χ0n) is 53.5. The molecule has 36 nitrogen and oxygen atoms in total. The molecule has 0 aromatic carbocycles. The molecule has 0 aliphatic carbocycles. The van der Waals surface area contributed by atoms with Gasteiger partial charge in [0.2, 0.25) is 11.0 Å². The highest BCUT2D eigenvalue weighted by atomic mass is 32.2. The highest BCUT2D eigenvalue weighted by Crippen LogP contribution is 2.57. The van der Waals surface area contributed by atoms with Gasteiger partial charge in [-0.25, -0.2) is 0 Å². The number of thioether (sulfide) groups is 1. The van der Waals surface area contributed by atoms with Crippen LogP contribution < -0.4 is 0 Å². The highest BCUT2D eigenvalue weighted by Gasteiger charge is 2.79. The molecule has 0 radical (unpaired) electrons. The number of ether oxygens (including phenoxy) is 21. The lowest BCUT2D eigenvalue weighted by atomic mass is 9.81. The molecule has 0 amide bonds. The van der Waals surface area contributed by atoms with Crippen molar-refractivity contribution in [2.24, 2.45) is 0 Å². The molecular weight excluding hydrogens is 1280 g/mol. The summed E-state index contributed by atoms with van der Waals surface area (Å²) in [4.78, 5) is 194. The molecule has 4 aliphatic rings. The van der Waals surface area contributed by atoms with Crippen LogP contribution in [0.2, 0.25) is 0 Å². The van der Waals surface area contributed by atoms with Crippen LogP contribution in [0, 0.1) is 0 Å². The Morgan fingerprint density at radius 3 is 0.892 bits per heavy atom. The van der Waals surface area contributed by atoms with Crippen molar-refractivity contribution < 1.29 is 171 Å². The van der Waals surface area contributed by atoms with E-state index in [1.807, 2.05) is 0 Å². The topological polar surface area (TPSA) is 450 Å². The molecule has 93 heavy (non-hydrogen) atoms. The van der Waals surface area contributed by atoms with Crippen molar-refractivity contribution in [3.8, 4) is 0 Å². The van der Waals surface area contributed by atoms with Crippen LogP contribution in [0.25, 0.3) is 0 Å². The summed E-state index contributed by atoms with van der Waals surface area (Å²) in [6, 6.07) is 0. The third-order valence-electron chi connectivity index (χ3n) is 13.1. The van der Waals surface area contributed by atoms with Gasteiger partial charge in [-0.2, -0.15) is 0 Å². The Kier molecular flexibility index (Phi) is 28.7. The average molecular weight is 1360 g/mol. The average Bonchev–Trinajstić information content (AvgIpc) is 0.697. The Morgan fingerprint density at radius 2 is 0.581 bits per heavy atom. The van der Waals surface area contributed by atoms with Gasteiger partial charge in [-0.1, -0.05) is 6.92 Å². The molecule has 0 saturated carbocycles. The van der Waals surface area contributed by atoms with Gasteiger partial charge in [0.05, 0.1) is 0 Å². The van der Waals surface area contributed by atoms with Gasteiger partial charge in [0.1, 0.15) is 63.1 Å². The summed E-state index contributed by atoms with van der Waals surface area (Å²) < 4.78 is 125. The van der Waals surface area contributed by atoms with Crippen LogP contribution in [0.3, 0.4) is 0 Å². The van der Waals surface area contributed by atoms with Crippen molar-refractivity contribution in [2.45, 2.75) is 232 Å². The molecule has 37 heteroatoms. The second-order valence-electron chi connectivity index (χ2n) is 20.8. The van der Waals surface area contributed by atoms with Gasteiger partial charge in [0.15, 0.2) is 67.5 Å². The molecule has 20 atom stereocenters. The lowest BCUT2D eigenvalue weighted by Gasteiger charge is -2.61. The summed E-state index contributed by atoms with van der Waals surface area (Å²) in [6.45, 7) is 10.9. The van der Waals surface area contributed by atoms with Gasteiger partial charge in [-0.05, 0) is 5.75 Å². The Morgan fingerprint density at radius 1 is 0.301 bits per heavy atom. The summed E-state index contributed by atoms with van der Waals surface area (Å²) in [5.41, 5.74) is 0. The monoisotopic (exact) mass is 1360 g/mol. The maximum absolute atomic E-state index is 14.3. The third kappa shape index (κ3) is 21.1. The van der Waals surface area contributed by atoms with Crippen LogP contribution in [0.4, 0.5) is 0 Å². The first-order chi connectivity index (χ1) is 43.4. The van der Waals surface area contributed by atoms with E-state index in [2.05, 4.69) is 0 Å². The Labute approximate surface area is 535 Å². The van der Waals surface area contributed by atoms with Crippen molar-refractivity contribution in [1.29, 1.82) is 0 Å². The summed E-state index contributed by atoms with van der Waals surface area (Å²) >= 11 is 0.449. The van der Waals surface area contributed by atoms with Crippen molar-refractivity contribution in [1.82, 2.24) is 0 Å². The van der Waals surface area contributed by atoms with E-state index in [9.17, 15) is 71.9 Å². The standard InChI is InChI=1S/C56H76O36S/c1-17-93-56(52(85-35(15)70)48(81-31(11)66)44(40(92-56)21-75-25(5)60)89-54-50(83-33(13)68)46(79-29(9)64)42(77-27(7)62)38(87-54)19-73-23(3)58)55(90-36(16)71)51(84-34(14)69)47(80-30(10)65)43(39(91-55)20-74-24(4)59)88-53-49(82-32(12)67)45(78-28(8)63)41(76-26(6)61)37(86-53)18-72-22(2)57/h37-54H,17-21H2,1-16H3/t37-,38-,39-,40-,41+,42+,43+,44+,45+,46+,47+,48+,49-,50-,51-,52-,53+,54+,55+,56-/m1/s1. The quantitative estimate of drug-likeness (QED) is 0.0762. The number of carbonyl (C=O) groups is 15. The number of esters is 15. The molecule has 0 unspecified atom stereocenters. The molecule has 0 bridgehead atoms. The van der Waals surface area contributed by atoms with Gasteiger partial charge in [-0.3, -0.25) is 71.9 Å². The van der Waals surface area contributed by atoms with Gasteiger partial charge in [-0.15, -0.1) is 11.8 Å². The van der Waals surface area contributed by atoms with Crippen LogP contribution in [0.5, 0.6) is 0 Å². The predicted molar refractivity (Wildman–Crippen MR) is 294 cm³/mol. The normalized spacial score (nSPS) is 32.1. The van der Waals surface area contributed by atoms with E-state index in [0.717, 1.165) is 104 Å². The van der Waals surface area contributed by atoms with E-state index in [-0.39, 0.29) is 5.75 Å². The van der Waals surface area contributed by atoms with Crippen molar-refractivity contribution in [3.63, 3.8) is 0 Å². The minimum absolute atomic E-state index is 0.354. The van der Waals surface area contributed by atoms with Crippen LogP contribution in [0.15, 0.2) is 0 Å². The lowest BCUT2D eigenvalue weighted by Crippen LogP contribution is -2.83. The Balaban J connectivity index is 2.25. The van der Waals surface area contributed by atoms with Crippen molar-refractivity contribution in [2.75, 3.05) is 32.2 Å². The first kappa shape index (κ1) is 77.6. The lowest BCUT2D eigenvalue weighted by molar-refractivity contribution is -0.431. The van der Waals surface area contributed by atoms with Crippen LogP contribution in [-0.2, 0) is 171 Å². The SMILES string of the molecule is CCS[C@]1([C@@]2(OC(C)=O)O[C@H](COC(C)=O)[C@H](O[C@@H]3O[C@H](COC(C)=O)[C@H](OC(C)=O)[C@H](OC(C)=O)[C@H]3OC(C)=O)[C@H](OC(C)=O)[C@H]2OC(C)=O)O[C@H](COC(C)=O)[C@H](O[C@@H]2O[C@H](COC(C)=O)[C@H](OC(C)=O)[C@H](OC(C)=O)[C@H]2OC(C)=O)[C@H](OC(C)=O)[C@H]1OC(C)=O. The zero-order valence-corrected chi connectivity index (χ0v) is 54.3. The molecule has 4 rings (SSSR count). The molecule has 0 N–H and O–H groups in total. The highest BCUT2D eigenvalue weighted by molar-refractivity contribution is 8.00. The van der Waals surface area contributed by atoms with E-state index in [4.69, 9.17) is 99.5 Å². The fourth-order valence-electron chi connectivity index (χ4n) is 10.5. The van der Waals surface area contributed by atoms with Gasteiger partial charge in [0, 0.05) is 104 Å². The van der Waals surface area contributed by atoms with E-state index in [1.165, 1.54) is 6.92 Å². The molecule has 522 valence electrons. The first-order valence-corrected chi connectivity index (χ1v) is 29.4. The summed E-state index contributed by atoms with van der Waals surface area (Å²) in [5.74, 6) is -21.0. The number of carbonyl (C=O) groups excluding carboxylic acids is 15. The minimum atomic E-state index is -3.50. The fraction of sp³-hybridized carbons (Fsp3) is 0.732. The van der Waals surface area contributed by atoms with Gasteiger partial charge in [0.25, 0.3) is 5.79 Å². The Hall–Kier alpha value is -7.84. The van der Waals surface area contributed by atoms with E-state index >= 15 is 0 Å².